The summed E-state index contributed by atoms with van der Waals surface area (Å²) in [7, 11) is 0. The van der Waals surface area contributed by atoms with Gasteiger partial charge in [0.1, 0.15) is 17.2 Å². The van der Waals surface area contributed by atoms with Crippen molar-refractivity contribution < 1.29 is 14.6 Å². The van der Waals surface area contributed by atoms with Crippen LogP contribution >= 0.6 is 11.8 Å². The third kappa shape index (κ3) is 3.42. The summed E-state index contributed by atoms with van der Waals surface area (Å²) in [6, 6.07) is 9.68. The summed E-state index contributed by atoms with van der Waals surface area (Å²) in [6.07, 6.45) is -1.27. The molecule has 1 aromatic rings. The number of ether oxygens (including phenoxy) is 1. The van der Waals surface area contributed by atoms with Gasteiger partial charge < -0.3 is 9.84 Å². The van der Waals surface area contributed by atoms with E-state index in [0.717, 1.165) is 5.56 Å². The molecule has 0 aliphatic carbocycles. The van der Waals surface area contributed by atoms with Crippen LogP contribution in [0, 0.1) is 0 Å². The molecule has 1 heterocycles. The van der Waals surface area contributed by atoms with Crippen LogP contribution in [0.1, 0.15) is 31.7 Å². The number of rotatable bonds is 1. The molecule has 1 aromatic carbocycles. The van der Waals surface area contributed by atoms with E-state index in [1.807, 2.05) is 51.1 Å². The summed E-state index contributed by atoms with van der Waals surface area (Å²) in [5.41, 5.74) is 0.431. The lowest BCUT2D eigenvalue weighted by Gasteiger charge is -2.30. The molecule has 0 bridgehead atoms. The summed E-state index contributed by atoms with van der Waals surface area (Å²) in [5.74, 6) is 0.499. The Bertz CT molecular complexity index is 444. The van der Waals surface area contributed by atoms with Crippen molar-refractivity contribution in [3.63, 3.8) is 0 Å². The fourth-order valence-corrected chi connectivity index (χ4v) is 3.15. The van der Waals surface area contributed by atoms with E-state index in [1.165, 1.54) is 4.90 Å². The van der Waals surface area contributed by atoms with Gasteiger partial charge in [0, 0.05) is 5.75 Å². The second-order valence-electron chi connectivity index (χ2n) is 5.46. The van der Waals surface area contributed by atoms with Crippen LogP contribution in [0.15, 0.2) is 30.3 Å². The Morgan fingerprint density at radius 3 is 2.58 bits per heavy atom. The highest BCUT2D eigenvalue weighted by atomic mass is 32.2. The Kier molecular flexibility index (Phi) is 4.06. The zero-order valence-corrected chi connectivity index (χ0v) is 12.2. The van der Waals surface area contributed by atoms with Gasteiger partial charge in [-0.3, -0.25) is 4.90 Å². The highest BCUT2D eigenvalue weighted by molar-refractivity contribution is 7.99. The molecule has 104 valence electrons. The summed E-state index contributed by atoms with van der Waals surface area (Å²) in [4.78, 5) is 13.6. The first kappa shape index (κ1) is 14.2. The standard InChI is InChI=1S/C14H19NO3S/c1-14(2,3)18-13(17)15-11(16)9-19-12(15)10-7-5-4-6-8-10/h4-8,11-12,16H,9H2,1-3H3/t11-,12-/m1/s1. The van der Waals surface area contributed by atoms with Crippen molar-refractivity contribution in [3.05, 3.63) is 35.9 Å². The number of nitrogens with zero attached hydrogens (tertiary/aromatic N) is 1. The molecule has 0 unspecified atom stereocenters. The second kappa shape index (κ2) is 5.43. The first-order valence-corrected chi connectivity index (χ1v) is 7.29. The maximum atomic E-state index is 12.2. The predicted molar refractivity (Wildman–Crippen MR) is 75.7 cm³/mol. The second-order valence-corrected chi connectivity index (χ2v) is 6.58. The molecule has 1 N–H and O–H groups in total. The maximum Gasteiger partial charge on any atom is 0.413 e. The molecule has 1 aliphatic heterocycles. The largest absolute Gasteiger partial charge is 0.444 e. The van der Waals surface area contributed by atoms with E-state index in [2.05, 4.69) is 0 Å². The Morgan fingerprint density at radius 2 is 2.00 bits per heavy atom. The molecule has 4 nitrogen and oxygen atoms in total. The van der Waals surface area contributed by atoms with E-state index in [4.69, 9.17) is 4.74 Å². The molecule has 1 aliphatic rings. The molecule has 19 heavy (non-hydrogen) atoms. The van der Waals surface area contributed by atoms with Gasteiger partial charge in [0.2, 0.25) is 0 Å². The van der Waals surface area contributed by atoms with E-state index in [0.29, 0.717) is 5.75 Å². The van der Waals surface area contributed by atoms with Crippen LogP contribution in [0.3, 0.4) is 0 Å². The first-order chi connectivity index (χ1) is 8.88. The summed E-state index contributed by atoms with van der Waals surface area (Å²) < 4.78 is 5.36. The third-order valence-corrected chi connectivity index (χ3v) is 3.97. The molecule has 1 amide bonds. The van der Waals surface area contributed by atoms with Crippen molar-refractivity contribution in [2.75, 3.05) is 5.75 Å². The molecular formula is C14H19NO3S. The number of carbonyl (C=O) groups is 1. The summed E-state index contributed by atoms with van der Waals surface area (Å²) in [6.45, 7) is 5.45. The number of hydrogen-bond acceptors (Lipinski definition) is 4. The van der Waals surface area contributed by atoms with Crippen molar-refractivity contribution in [1.29, 1.82) is 0 Å². The smallest absolute Gasteiger partial charge is 0.413 e. The van der Waals surface area contributed by atoms with E-state index in [-0.39, 0.29) is 5.37 Å². The number of aliphatic hydroxyl groups excluding tert-OH is 1. The van der Waals surface area contributed by atoms with Gasteiger partial charge in [-0.05, 0) is 26.3 Å². The average Bonchev–Trinajstić information content (AvgIpc) is 2.70. The Morgan fingerprint density at radius 1 is 1.37 bits per heavy atom. The van der Waals surface area contributed by atoms with Crippen molar-refractivity contribution in [2.24, 2.45) is 0 Å². The van der Waals surface area contributed by atoms with E-state index < -0.39 is 17.9 Å². The Labute approximate surface area is 117 Å². The molecular weight excluding hydrogens is 262 g/mol. The number of amides is 1. The van der Waals surface area contributed by atoms with E-state index in [1.54, 1.807) is 11.8 Å². The van der Waals surface area contributed by atoms with Gasteiger partial charge >= 0.3 is 6.09 Å². The maximum absolute atomic E-state index is 12.2. The van der Waals surface area contributed by atoms with Gasteiger partial charge in [-0.15, -0.1) is 11.8 Å². The lowest BCUT2D eigenvalue weighted by molar-refractivity contribution is -0.0204. The quantitative estimate of drug-likeness (QED) is 0.859. The van der Waals surface area contributed by atoms with Crippen molar-refractivity contribution >= 4 is 17.9 Å². The van der Waals surface area contributed by atoms with Gasteiger partial charge in [0.05, 0.1) is 0 Å². The van der Waals surface area contributed by atoms with Gasteiger partial charge in [-0.25, -0.2) is 4.79 Å². The average molecular weight is 281 g/mol. The van der Waals surface area contributed by atoms with Crippen LogP contribution in [0.25, 0.3) is 0 Å². The van der Waals surface area contributed by atoms with Crippen LogP contribution in [-0.4, -0.2) is 33.7 Å². The van der Waals surface area contributed by atoms with Gasteiger partial charge in [0.15, 0.2) is 0 Å². The van der Waals surface area contributed by atoms with Crippen LogP contribution in [0.2, 0.25) is 0 Å². The number of thioether (sulfide) groups is 1. The van der Waals surface area contributed by atoms with Gasteiger partial charge in [-0.1, -0.05) is 30.3 Å². The van der Waals surface area contributed by atoms with Crippen molar-refractivity contribution in [3.8, 4) is 0 Å². The number of carbonyl (C=O) groups excluding carboxylic acids is 1. The van der Waals surface area contributed by atoms with E-state index >= 15 is 0 Å². The zero-order valence-electron chi connectivity index (χ0n) is 11.4. The molecule has 0 saturated carbocycles. The van der Waals surface area contributed by atoms with Crippen LogP contribution in [-0.2, 0) is 4.74 Å². The molecule has 2 atom stereocenters. The molecule has 1 saturated heterocycles. The van der Waals surface area contributed by atoms with Gasteiger partial charge in [-0.2, -0.15) is 0 Å². The van der Waals surface area contributed by atoms with E-state index in [9.17, 15) is 9.90 Å². The Balaban J connectivity index is 2.19. The zero-order chi connectivity index (χ0) is 14.0. The molecule has 2 rings (SSSR count). The topological polar surface area (TPSA) is 49.8 Å². The molecule has 1 fully saturated rings. The minimum atomic E-state index is -0.801. The highest BCUT2D eigenvalue weighted by Gasteiger charge is 2.39. The minimum absolute atomic E-state index is 0.189. The number of hydrogen-bond donors (Lipinski definition) is 1. The lowest BCUT2D eigenvalue weighted by atomic mass is 10.2. The summed E-state index contributed by atoms with van der Waals surface area (Å²) in [5, 5.41) is 9.80. The SMILES string of the molecule is CC(C)(C)OC(=O)N1[C@H](O)CS[C@@H]1c1ccccc1. The lowest BCUT2D eigenvalue weighted by Crippen LogP contribution is -2.41. The van der Waals surface area contributed by atoms with Crippen molar-refractivity contribution in [2.45, 2.75) is 38.0 Å². The van der Waals surface area contributed by atoms with Crippen LogP contribution < -0.4 is 0 Å². The minimum Gasteiger partial charge on any atom is -0.444 e. The van der Waals surface area contributed by atoms with Crippen molar-refractivity contribution in [1.82, 2.24) is 4.90 Å². The normalized spacial score (nSPS) is 23.5. The Hall–Kier alpha value is -1.20. The van der Waals surface area contributed by atoms with Crippen LogP contribution in [0.5, 0.6) is 0 Å². The predicted octanol–water partition coefficient (Wildman–Crippen LogP) is 2.99. The highest BCUT2D eigenvalue weighted by Crippen LogP contribution is 2.41. The molecule has 0 aromatic heterocycles. The number of aliphatic hydroxyl groups is 1. The molecule has 0 radical (unpaired) electrons. The van der Waals surface area contributed by atoms with Crippen LogP contribution in [0.4, 0.5) is 4.79 Å². The first-order valence-electron chi connectivity index (χ1n) is 6.24. The fraction of sp³-hybridized carbons (Fsp3) is 0.500. The fourth-order valence-electron chi connectivity index (χ4n) is 1.90. The number of benzene rings is 1. The molecule has 5 heteroatoms. The third-order valence-electron chi connectivity index (χ3n) is 2.67. The summed E-state index contributed by atoms with van der Waals surface area (Å²) >= 11 is 1.54. The molecule has 0 spiro atoms. The van der Waals surface area contributed by atoms with Gasteiger partial charge in [0.25, 0.3) is 0 Å². The monoisotopic (exact) mass is 281 g/mol.